The van der Waals surface area contributed by atoms with Gasteiger partial charge in [0.05, 0.1) is 0 Å². The molecule has 0 radical (unpaired) electrons. The van der Waals surface area contributed by atoms with Crippen LogP contribution in [0.25, 0.3) is 0 Å². The molecule has 84 valence electrons. The van der Waals surface area contributed by atoms with Gasteiger partial charge in [-0.2, -0.15) is 0 Å². The van der Waals surface area contributed by atoms with Crippen LogP contribution in [0.15, 0.2) is 11.6 Å². The molecule has 1 unspecified atom stereocenters. The summed E-state index contributed by atoms with van der Waals surface area (Å²) in [7, 11) is 0. The largest absolute Gasteiger partial charge is 0.460 e. The number of carbonyl (C=O) groups excluding carboxylic acids is 2. The quantitative estimate of drug-likeness (QED) is 0.530. The Morgan fingerprint density at radius 2 is 2.27 bits per heavy atom. The number of allylic oxidation sites excluding steroid dienone is 2. The zero-order valence-corrected chi connectivity index (χ0v) is 9.58. The Hall–Kier alpha value is -1.12. The van der Waals surface area contributed by atoms with Crippen molar-refractivity contribution < 1.29 is 14.3 Å². The van der Waals surface area contributed by atoms with Crippen LogP contribution < -0.4 is 0 Å². The van der Waals surface area contributed by atoms with E-state index < -0.39 is 5.60 Å². The summed E-state index contributed by atoms with van der Waals surface area (Å²) in [5, 5.41) is 0. The minimum absolute atomic E-state index is 0.245. The van der Waals surface area contributed by atoms with Crippen molar-refractivity contribution in [1.29, 1.82) is 0 Å². The molecule has 0 saturated carbocycles. The standard InChI is InChI=1S/C12H18O3/c1-9(14)15-12(2,3)11-6-4-10(8-13)5-7-11/h4,8,11H,5-7H2,1-3H3. The fourth-order valence-corrected chi connectivity index (χ4v) is 2.05. The molecule has 0 aliphatic heterocycles. The Morgan fingerprint density at radius 1 is 1.60 bits per heavy atom. The van der Waals surface area contributed by atoms with Gasteiger partial charge in [-0.15, -0.1) is 0 Å². The van der Waals surface area contributed by atoms with Crippen LogP contribution in [-0.4, -0.2) is 17.9 Å². The molecule has 0 bridgehead atoms. The van der Waals surface area contributed by atoms with Crippen molar-refractivity contribution >= 4 is 12.3 Å². The lowest BCUT2D eigenvalue weighted by Crippen LogP contribution is -2.37. The Morgan fingerprint density at radius 3 is 2.67 bits per heavy atom. The summed E-state index contributed by atoms with van der Waals surface area (Å²) in [6.45, 7) is 5.29. The predicted molar refractivity (Wildman–Crippen MR) is 57.3 cm³/mol. The molecule has 0 spiro atoms. The van der Waals surface area contributed by atoms with Crippen LogP contribution in [0.3, 0.4) is 0 Å². The number of aldehydes is 1. The molecule has 1 aliphatic carbocycles. The average Bonchev–Trinajstić information content (AvgIpc) is 2.16. The van der Waals surface area contributed by atoms with Crippen LogP contribution in [0.5, 0.6) is 0 Å². The number of hydrogen-bond donors (Lipinski definition) is 0. The second kappa shape index (κ2) is 4.60. The maximum absolute atomic E-state index is 10.9. The average molecular weight is 210 g/mol. The molecule has 15 heavy (non-hydrogen) atoms. The summed E-state index contributed by atoms with van der Waals surface area (Å²) < 4.78 is 5.29. The fourth-order valence-electron chi connectivity index (χ4n) is 2.05. The summed E-state index contributed by atoms with van der Waals surface area (Å²) in [5.74, 6) is 0.0651. The third kappa shape index (κ3) is 3.18. The van der Waals surface area contributed by atoms with E-state index in [4.69, 9.17) is 4.74 Å². The Kier molecular flexibility index (Phi) is 3.66. The lowest BCUT2D eigenvalue weighted by atomic mass is 9.79. The number of hydrogen-bond acceptors (Lipinski definition) is 3. The van der Waals surface area contributed by atoms with Gasteiger partial charge in [-0.05, 0) is 38.7 Å². The summed E-state index contributed by atoms with van der Waals surface area (Å²) in [6.07, 6.45) is 5.37. The van der Waals surface area contributed by atoms with Crippen LogP contribution in [0.4, 0.5) is 0 Å². The molecular weight excluding hydrogens is 192 g/mol. The molecule has 0 N–H and O–H groups in total. The molecule has 1 aliphatic rings. The van der Waals surface area contributed by atoms with E-state index in [-0.39, 0.29) is 5.97 Å². The maximum Gasteiger partial charge on any atom is 0.303 e. The predicted octanol–water partition coefficient (Wildman–Crippen LogP) is 2.25. The van der Waals surface area contributed by atoms with E-state index in [2.05, 4.69) is 0 Å². The Balaban J connectivity index is 2.62. The number of rotatable bonds is 3. The van der Waals surface area contributed by atoms with E-state index in [1.807, 2.05) is 19.9 Å². The van der Waals surface area contributed by atoms with Gasteiger partial charge in [0.1, 0.15) is 11.9 Å². The third-order valence-corrected chi connectivity index (χ3v) is 2.99. The molecule has 0 amide bonds. The van der Waals surface area contributed by atoms with Gasteiger partial charge >= 0.3 is 5.97 Å². The van der Waals surface area contributed by atoms with Crippen LogP contribution in [0.1, 0.15) is 40.0 Å². The molecule has 1 rings (SSSR count). The van der Waals surface area contributed by atoms with Crippen molar-refractivity contribution in [3.8, 4) is 0 Å². The first-order valence-electron chi connectivity index (χ1n) is 5.29. The Labute approximate surface area is 90.5 Å². The smallest absolute Gasteiger partial charge is 0.303 e. The van der Waals surface area contributed by atoms with Gasteiger partial charge in [0.15, 0.2) is 0 Å². The topological polar surface area (TPSA) is 43.4 Å². The van der Waals surface area contributed by atoms with Gasteiger partial charge < -0.3 is 4.74 Å². The number of carbonyl (C=O) groups is 2. The molecule has 0 saturated heterocycles. The van der Waals surface area contributed by atoms with E-state index in [1.54, 1.807) is 0 Å². The van der Waals surface area contributed by atoms with E-state index in [9.17, 15) is 9.59 Å². The monoisotopic (exact) mass is 210 g/mol. The van der Waals surface area contributed by atoms with Crippen LogP contribution in [-0.2, 0) is 14.3 Å². The van der Waals surface area contributed by atoms with Crippen molar-refractivity contribution in [1.82, 2.24) is 0 Å². The van der Waals surface area contributed by atoms with E-state index in [0.29, 0.717) is 5.92 Å². The fraction of sp³-hybridized carbons (Fsp3) is 0.667. The summed E-state index contributed by atoms with van der Waals surface area (Å²) >= 11 is 0. The van der Waals surface area contributed by atoms with Gasteiger partial charge in [0, 0.05) is 12.8 Å². The van der Waals surface area contributed by atoms with Crippen molar-refractivity contribution in [2.45, 2.75) is 45.6 Å². The van der Waals surface area contributed by atoms with Gasteiger partial charge in [-0.1, -0.05) is 6.08 Å². The van der Waals surface area contributed by atoms with Gasteiger partial charge in [-0.25, -0.2) is 0 Å². The summed E-state index contributed by atoms with van der Waals surface area (Å²) in [5.41, 5.74) is 0.432. The lowest BCUT2D eigenvalue weighted by molar-refractivity contribution is -0.159. The molecule has 0 aromatic heterocycles. The highest BCUT2D eigenvalue weighted by Crippen LogP contribution is 2.33. The SMILES string of the molecule is CC(=O)OC(C)(C)C1CC=C(C=O)CC1. The van der Waals surface area contributed by atoms with Crippen molar-refractivity contribution in [2.24, 2.45) is 5.92 Å². The molecule has 0 fully saturated rings. The minimum atomic E-state index is -0.434. The zero-order valence-electron chi connectivity index (χ0n) is 9.58. The normalized spacial score (nSPS) is 21.8. The van der Waals surface area contributed by atoms with E-state index in [0.717, 1.165) is 31.1 Å². The van der Waals surface area contributed by atoms with Crippen molar-refractivity contribution in [2.75, 3.05) is 0 Å². The summed E-state index contributed by atoms with van der Waals surface area (Å²) in [6, 6.07) is 0. The van der Waals surface area contributed by atoms with E-state index in [1.165, 1.54) is 6.92 Å². The second-order valence-electron chi connectivity index (χ2n) is 4.57. The van der Waals surface area contributed by atoms with Crippen molar-refractivity contribution in [3.05, 3.63) is 11.6 Å². The first-order chi connectivity index (χ1) is 6.95. The molecule has 0 heterocycles. The molecular formula is C12H18O3. The summed E-state index contributed by atoms with van der Waals surface area (Å²) in [4.78, 5) is 21.5. The third-order valence-electron chi connectivity index (χ3n) is 2.99. The van der Waals surface area contributed by atoms with Crippen LogP contribution in [0.2, 0.25) is 0 Å². The first kappa shape index (κ1) is 12.0. The van der Waals surface area contributed by atoms with Gasteiger partial charge in [0.25, 0.3) is 0 Å². The highest BCUT2D eigenvalue weighted by Gasteiger charge is 2.33. The number of ether oxygens (including phenoxy) is 1. The van der Waals surface area contributed by atoms with E-state index >= 15 is 0 Å². The number of esters is 1. The van der Waals surface area contributed by atoms with Gasteiger partial charge in [0.2, 0.25) is 0 Å². The van der Waals surface area contributed by atoms with Crippen LogP contribution in [0, 0.1) is 5.92 Å². The van der Waals surface area contributed by atoms with Crippen molar-refractivity contribution in [3.63, 3.8) is 0 Å². The first-order valence-corrected chi connectivity index (χ1v) is 5.29. The van der Waals surface area contributed by atoms with Gasteiger partial charge in [-0.3, -0.25) is 9.59 Å². The highest BCUT2D eigenvalue weighted by atomic mass is 16.6. The molecule has 3 heteroatoms. The molecule has 0 aromatic carbocycles. The lowest BCUT2D eigenvalue weighted by Gasteiger charge is -2.35. The maximum atomic E-state index is 10.9. The highest BCUT2D eigenvalue weighted by molar-refractivity contribution is 5.73. The minimum Gasteiger partial charge on any atom is -0.460 e. The molecule has 3 nitrogen and oxygen atoms in total. The molecule has 1 atom stereocenters. The zero-order chi connectivity index (χ0) is 11.5. The molecule has 0 aromatic rings. The Bertz CT molecular complexity index is 289. The second-order valence-corrected chi connectivity index (χ2v) is 4.57. The van der Waals surface area contributed by atoms with Crippen LogP contribution >= 0.6 is 0 Å².